The van der Waals surface area contributed by atoms with E-state index in [-0.39, 0.29) is 22.9 Å². The van der Waals surface area contributed by atoms with E-state index in [0.717, 1.165) is 0 Å². The Labute approximate surface area is 207 Å². The van der Waals surface area contributed by atoms with Gasteiger partial charge in [-0.05, 0) is 37.6 Å². The molecule has 10 nitrogen and oxygen atoms in total. The first-order valence-electron chi connectivity index (χ1n) is 11.0. The molecule has 2 aromatic carbocycles. The molecule has 0 bridgehead atoms. The lowest BCUT2D eigenvalue weighted by Crippen LogP contribution is -2.59. The number of ether oxygens (including phenoxy) is 4. The molecule has 0 amide bonds. The quantitative estimate of drug-likeness (QED) is 0.488. The van der Waals surface area contributed by atoms with E-state index in [9.17, 15) is 16.8 Å². The number of sulfonamides is 2. The average molecular weight is 529 g/mol. The summed E-state index contributed by atoms with van der Waals surface area (Å²) in [6.07, 6.45) is 0.428. The summed E-state index contributed by atoms with van der Waals surface area (Å²) >= 11 is 0. The second-order valence-electron chi connectivity index (χ2n) is 8.09. The third-order valence-electron chi connectivity index (χ3n) is 6.13. The van der Waals surface area contributed by atoms with Gasteiger partial charge in [-0.15, -0.1) is 0 Å². The Morgan fingerprint density at radius 2 is 1.14 bits per heavy atom. The van der Waals surface area contributed by atoms with Crippen molar-refractivity contribution in [1.29, 1.82) is 0 Å². The fourth-order valence-electron chi connectivity index (χ4n) is 4.17. The van der Waals surface area contributed by atoms with Crippen molar-refractivity contribution in [2.75, 3.05) is 41.5 Å². The minimum atomic E-state index is -3.93. The molecule has 12 heteroatoms. The van der Waals surface area contributed by atoms with E-state index in [2.05, 4.69) is 0 Å². The van der Waals surface area contributed by atoms with Gasteiger partial charge in [-0.1, -0.05) is 6.92 Å². The molecule has 0 saturated carbocycles. The second kappa shape index (κ2) is 10.6. The summed E-state index contributed by atoms with van der Waals surface area (Å²) < 4.78 is 77.9. The third-order valence-corrected chi connectivity index (χ3v) is 10.0. The number of methoxy groups -OCH3 is 4. The Bertz CT molecular complexity index is 1260. The van der Waals surface area contributed by atoms with E-state index in [0.29, 0.717) is 29.4 Å². The molecular formula is C23H32N2O8S2. The number of hydrogen-bond donors (Lipinski definition) is 0. The van der Waals surface area contributed by atoms with Crippen LogP contribution in [0.4, 0.5) is 0 Å². The van der Waals surface area contributed by atoms with Crippen LogP contribution in [-0.2, 0) is 20.0 Å². The van der Waals surface area contributed by atoms with Gasteiger partial charge in [-0.3, -0.25) is 0 Å². The van der Waals surface area contributed by atoms with E-state index in [4.69, 9.17) is 18.9 Å². The minimum Gasteiger partial charge on any atom is -0.493 e. The average Bonchev–Trinajstić information content (AvgIpc) is 2.87. The maximum atomic E-state index is 13.6. The molecular weight excluding hydrogens is 496 g/mol. The molecule has 194 valence electrons. The highest BCUT2D eigenvalue weighted by Gasteiger charge is 2.43. The van der Waals surface area contributed by atoms with Crippen LogP contribution in [0.2, 0.25) is 0 Å². The molecule has 1 aliphatic rings. The third kappa shape index (κ3) is 5.06. The van der Waals surface area contributed by atoms with Gasteiger partial charge >= 0.3 is 0 Å². The number of nitrogens with zero attached hydrogens (tertiary/aromatic N) is 2. The van der Waals surface area contributed by atoms with Crippen LogP contribution in [0.1, 0.15) is 20.3 Å². The predicted octanol–water partition coefficient (Wildman–Crippen LogP) is 2.58. The Morgan fingerprint density at radius 3 is 1.54 bits per heavy atom. The van der Waals surface area contributed by atoms with Crippen molar-refractivity contribution in [1.82, 2.24) is 8.61 Å². The summed E-state index contributed by atoms with van der Waals surface area (Å²) in [5.41, 5.74) is 0. The molecule has 0 spiro atoms. The topological polar surface area (TPSA) is 112 Å². The zero-order valence-corrected chi connectivity index (χ0v) is 22.4. The maximum absolute atomic E-state index is 13.6. The SMILES string of the molecule is CCC1CN(S(=O)(=O)c2ccc(OC)c(OC)c2)C(C)CN1S(=O)(=O)c1ccc(OC)c(OC)c1. The van der Waals surface area contributed by atoms with Crippen molar-refractivity contribution in [2.45, 2.75) is 42.1 Å². The molecule has 3 rings (SSSR count). The maximum Gasteiger partial charge on any atom is 0.243 e. The van der Waals surface area contributed by atoms with Crippen LogP contribution >= 0.6 is 0 Å². The molecule has 35 heavy (non-hydrogen) atoms. The lowest BCUT2D eigenvalue weighted by atomic mass is 10.1. The van der Waals surface area contributed by atoms with E-state index in [1.54, 1.807) is 6.92 Å². The molecule has 1 aliphatic heterocycles. The molecule has 1 fully saturated rings. The van der Waals surface area contributed by atoms with Crippen LogP contribution in [-0.4, -0.2) is 79.1 Å². The molecule has 0 aliphatic carbocycles. The summed E-state index contributed by atoms with van der Waals surface area (Å²) in [5, 5.41) is 0. The minimum absolute atomic E-state index is 0.00169. The summed E-state index contributed by atoms with van der Waals surface area (Å²) in [6.45, 7) is 3.54. The lowest BCUT2D eigenvalue weighted by Gasteiger charge is -2.43. The number of benzene rings is 2. The standard InChI is InChI=1S/C23H32N2O8S2/c1-7-17-15-24(34(26,27)18-8-10-20(30-3)22(12-18)32-5)16(2)14-25(17)35(28,29)19-9-11-21(31-4)23(13-19)33-6/h8-13,16-17H,7,14-15H2,1-6H3. The number of rotatable bonds is 9. The van der Waals surface area contributed by atoms with Gasteiger partial charge in [0.1, 0.15) is 0 Å². The highest BCUT2D eigenvalue weighted by atomic mass is 32.2. The van der Waals surface area contributed by atoms with Crippen molar-refractivity contribution < 1.29 is 35.8 Å². The smallest absolute Gasteiger partial charge is 0.243 e. The lowest BCUT2D eigenvalue weighted by molar-refractivity contribution is 0.151. The van der Waals surface area contributed by atoms with Gasteiger partial charge < -0.3 is 18.9 Å². The van der Waals surface area contributed by atoms with E-state index in [1.165, 1.54) is 73.4 Å². The van der Waals surface area contributed by atoms with Crippen molar-refractivity contribution >= 4 is 20.0 Å². The van der Waals surface area contributed by atoms with Crippen molar-refractivity contribution in [2.24, 2.45) is 0 Å². The van der Waals surface area contributed by atoms with Crippen molar-refractivity contribution in [3.63, 3.8) is 0 Å². The molecule has 0 radical (unpaired) electrons. The van der Waals surface area contributed by atoms with Gasteiger partial charge in [0.2, 0.25) is 20.0 Å². The zero-order chi connectivity index (χ0) is 26.0. The summed E-state index contributed by atoms with van der Waals surface area (Å²) in [5.74, 6) is 1.42. The van der Waals surface area contributed by atoms with Gasteiger partial charge in [-0.25, -0.2) is 16.8 Å². The summed E-state index contributed by atoms with van der Waals surface area (Å²) in [7, 11) is -2.05. The van der Waals surface area contributed by atoms with Crippen LogP contribution in [0.3, 0.4) is 0 Å². The zero-order valence-electron chi connectivity index (χ0n) is 20.7. The van der Waals surface area contributed by atoms with E-state index >= 15 is 0 Å². The van der Waals surface area contributed by atoms with Gasteiger partial charge in [0.15, 0.2) is 23.0 Å². The highest BCUT2D eigenvalue weighted by Crippen LogP contribution is 2.35. The first kappa shape index (κ1) is 27.1. The summed E-state index contributed by atoms with van der Waals surface area (Å²) in [6, 6.07) is 7.65. The van der Waals surface area contributed by atoms with Crippen molar-refractivity contribution in [3.8, 4) is 23.0 Å². The Kier molecular flexibility index (Phi) is 8.20. The first-order valence-corrected chi connectivity index (χ1v) is 13.9. The molecule has 2 aromatic rings. The predicted molar refractivity (Wildman–Crippen MR) is 130 cm³/mol. The number of piperazine rings is 1. The Morgan fingerprint density at radius 1 is 0.714 bits per heavy atom. The van der Waals surface area contributed by atoms with E-state index < -0.39 is 32.1 Å². The van der Waals surface area contributed by atoms with Crippen molar-refractivity contribution in [3.05, 3.63) is 36.4 Å². The Hall–Kier alpha value is -2.54. The Balaban J connectivity index is 1.95. The fraction of sp³-hybridized carbons (Fsp3) is 0.478. The van der Waals surface area contributed by atoms with Crippen LogP contribution in [0.5, 0.6) is 23.0 Å². The molecule has 2 unspecified atom stereocenters. The molecule has 0 aromatic heterocycles. The van der Waals surface area contributed by atoms with E-state index in [1.807, 2.05) is 6.92 Å². The summed E-state index contributed by atoms with van der Waals surface area (Å²) in [4.78, 5) is 0.102. The van der Waals surface area contributed by atoms with Crippen LogP contribution in [0, 0.1) is 0 Å². The van der Waals surface area contributed by atoms with Crippen LogP contribution < -0.4 is 18.9 Å². The molecule has 1 saturated heterocycles. The van der Waals surface area contributed by atoms with Crippen LogP contribution in [0.15, 0.2) is 46.2 Å². The fourth-order valence-corrected chi connectivity index (χ4v) is 7.63. The largest absolute Gasteiger partial charge is 0.493 e. The molecule has 1 heterocycles. The second-order valence-corrected chi connectivity index (χ2v) is 11.9. The van der Waals surface area contributed by atoms with Gasteiger partial charge in [0.25, 0.3) is 0 Å². The molecule has 2 atom stereocenters. The highest BCUT2D eigenvalue weighted by molar-refractivity contribution is 7.89. The van der Waals surface area contributed by atoms with Gasteiger partial charge in [0, 0.05) is 37.3 Å². The monoisotopic (exact) mass is 528 g/mol. The van der Waals surface area contributed by atoms with Gasteiger partial charge in [-0.2, -0.15) is 8.61 Å². The molecule has 0 N–H and O–H groups in total. The van der Waals surface area contributed by atoms with Gasteiger partial charge in [0.05, 0.1) is 38.2 Å². The normalized spacial score (nSPS) is 19.8. The van der Waals surface area contributed by atoms with Crippen LogP contribution in [0.25, 0.3) is 0 Å². The number of hydrogen-bond acceptors (Lipinski definition) is 8. The first-order chi connectivity index (χ1) is 16.5.